The quantitative estimate of drug-likeness (QED) is 0.495. The Kier molecular flexibility index (Phi) is 6.87. The van der Waals surface area contributed by atoms with Gasteiger partial charge in [-0.3, -0.25) is 4.79 Å². The number of aromatic amines is 1. The third kappa shape index (κ3) is 5.33. The topological polar surface area (TPSA) is 80.3 Å². The molecule has 7 nitrogen and oxygen atoms in total. The largest absolute Gasteiger partial charge is 0.573 e. The Morgan fingerprint density at radius 3 is 2.33 bits per heavy atom. The van der Waals surface area contributed by atoms with Crippen molar-refractivity contribution in [1.29, 1.82) is 0 Å². The lowest BCUT2D eigenvalue weighted by atomic mass is 9.87. The molecule has 2 fully saturated rings. The van der Waals surface area contributed by atoms with Gasteiger partial charge in [-0.05, 0) is 80.3 Å². The van der Waals surface area contributed by atoms with Crippen LogP contribution in [0.3, 0.4) is 0 Å². The van der Waals surface area contributed by atoms with Crippen molar-refractivity contribution >= 4 is 17.1 Å². The summed E-state index contributed by atoms with van der Waals surface area (Å²) in [5.41, 5.74) is 3.20. The summed E-state index contributed by atoms with van der Waals surface area (Å²) in [4.78, 5) is 27.6. The first-order chi connectivity index (χ1) is 17.3. The van der Waals surface area contributed by atoms with Gasteiger partial charge >= 0.3 is 6.36 Å². The number of alkyl halides is 3. The maximum absolute atomic E-state index is 12.9. The second-order valence-corrected chi connectivity index (χ2v) is 9.57. The number of piperidine rings is 1. The zero-order valence-electron chi connectivity index (χ0n) is 20.1. The van der Waals surface area contributed by atoms with Crippen molar-refractivity contribution in [3.63, 3.8) is 0 Å². The predicted molar refractivity (Wildman–Crippen MR) is 127 cm³/mol. The molecule has 3 heterocycles. The van der Waals surface area contributed by atoms with Crippen molar-refractivity contribution in [1.82, 2.24) is 19.9 Å². The van der Waals surface area contributed by atoms with Crippen LogP contribution in [0.15, 0.2) is 36.5 Å². The fraction of sp³-hybridized carbons (Fsp3) is 0.500. The van der Waals surface area contributed by atoms with Crippen LogP contribution in [0.4, 0.5) is 13.2 Å². The number of nitrogens with zero attached hydrogens (tertiary/aromatic N) is 3. The summed E-state index contributed by atoms with van der Waals surface area (Å²) in [6, 6.07) is 7.09. The molecular formula is C26H29F3N4O3. The predicted octanol–water partition coefficient (Wildman–Crippen LogP) is 5.55. The Morgan fingerprint density at radius 1 is 1.00 bits per heavy atom. The number of carbonyl (C=O) groups is 1. The van der Waals surface area contributed by atoms with Crippen LogP contribution in [-0.4, -0.2) is 58.4 Å². The van der Waals surface area contributed by atoms with Crippen LogP contribution in [0, 0.1) is 0 Å². The number of imidazole rings is 1. The fourth-order valence-corrected chi connectivity index (χ4v) is 5.42. The van der Waals surface area contributed by atoms with Crippen LogP contribution >= 0.6 is 0 Å². The van der Waals surface area contributed by atoms with E-state index in [0.29, 0.717) is 30.7 Å². The Hall–Kier alpha value is -3.14. The molecule has 0 spiro atoms. The van der Waals surface area contributed by atoms with Crippen molar-refractivity contribution in [2.75, 3.05) is 20.2 Å². The third-order valence-corrected chi connectivity index (χ3v) is 7.39. The molecule has 1 aliphatic carbocycles. The molecular weight excluding hydrogens is 473 g/mol. The maximum atomic E-state index is 12.9. The first kappa shape index (κ1) is 24.5. The van der Waals surface area contributed by atoms with Crippen molar-refractivity contribution in [3.8, 4) is 5.75 Å². The summed E-state index contributed by atoms with van der Waals surface area (Å²) >= 11 is 0. The average Bonchev–Trinajstić information content (AvgIpc) is 3.33. The average molecular weight is 503 g/mol. The molecule has 0 radical (unpaired) electrons. The van der Waals surface area contributed by atoms with Gasteiger partial charge in [0.05, 0.1) is 6.10 Å². The van der Waals surface area contributed by atoms with Gasteiger partial charge in [-0.25, -0.2) is 9.97 Å². The molecule has 3 aromatic rings. The Labute approximate surface area is 207 Å². The number of nitrogens with one attached hydrogen (secondary N) is 1. The molecule has 5 rings (SSSR count). The number of hydrogen-bond donors (Lipinski definition) is 1. The highest BCUT2D eigenvalue weighted by Crippen LogP contribution is 2.36. The number of benzene rings is 1. The fourth-order valence-electron chi connectivity index (χ4n) is 5.42. The first-order valence-electron chi connectivity index (χ1n) is 12.3. The molecule has 2 aromatic heterocycles. The Balaban J connectivity index is 1.23. The van der Waals surface area contributed by atoms with Gasteiger partial charge in [-0.15, -0.1) is 13.2 Å². The van der Waals surface area contributed by atoms with Crippen LogP contribution in [0.2, 0.25) is 0 Å². The molecule has 1 saturated carbocycles. The number of fused-ring (bicyclic) bond motifs is 1. The van der Waals surface area contributed by atoms with Gasteiger partial charge < -0.3 is 19.4 Å². The third-order valence-electron chi connectivity index (χ3n) is 7.39. The Morgan fingerprint density at radius 2 is 1.69 bits per heavy atom. The highest BCUT2D eigenvalue weighted by atomic mass is 19.4. The lowest BCUT2D eigenvalue weighted by Gasteiger charge is -2.32. The SMILES string of the molecule is CO[C@H]1CC[C@@H](c2nc3c(C4CCN(C(=O)c5ccc(OC(F)(F)F)cc5)CC4)ccnc3[nH]2)CC1. The summed E-state index contributed by atoms with van der Waals surface area (Å²) in [7, 11) is 1.77. The van der Waals surface area contributed by atoms with E-state index in [-0.39, 0.29) is 17.6 Å². The zero-order valence-corrected chi connectivity index (χ0v) is 20.1. The smallest absolute Gasteiger partial charge is 0.406 e. The molecule has 2 aliphatic rings. The first-order valence-corrected chi connectivity index (χ1v) is 12.3. The summed E-state index contributed by atoms with van der Waals surface area (Å²) in [5, 5.41) is 0. The van der Waals surface area contributed by atoms with Crippen LogP contribution in [0.5, 0.6) is 5.75 Å². The number of ether oxygens (including phenoxy) is 2. The van der Waals surface area contributed by atoms with E-state index in [1.165, 1.54) is 12.1 Å². The van der Waals surface area contributed by atoms with E-state index >= 15 is 0 Å². The monoisotopic (exact) mass is 502 g/mol. The van der Waals surface area contributed by atoms with Gasteiger partial charge in [-0.2, -0.15) is 0 Å². The second kappa shape index (κ2) is 10.1. The molecule has 192 valence electrons. The molecule has 1 amide bonds. The normalized spacial score (nSPS) is 21.6. The van der Waals surface area contributed by atoms with Gasteiger partial charge in [0.25, 0.3) is 5.91 Å². The zero-order chi connectivity index (χ0) is 25.3. The standard InChI is InChI=1S/C26H29F3N4O3/c1-35-19-6-2-17(3-7-19)23-31-22-21(10-13-30-24(22)32-23)16-11-14-33(15-12-16)25(34)18-4-8-20(9-5-18)36-26(27,28)29/h4-5,8-10,13,16-17,19H,2-3,6-7,11-12,14-15H2,1H3,(H,30,31,32)/t17-,19+. The van der Waals surface area contributed by atoms with E-state index in [9.17, 15) is 18.0 Å². The Bertz CT molecular complexity index is 1200. The number of rotatable bonds is 5. The van der Waals surface area contributed by atoms with Gasteiger partial charge in [0.15, 0.2) is 5.65 Å². The molecule has 36 heavy (non-hydrogen) atoms. The molecule has 0 bridgehead atoms. The number of halogens is 3. The number of likely N-dealkylation sites (tertiary alicyclic amines) is 1. The number of carbonyl (C=O) groups excluding carboxylic acids is 1. The number of pyridine rings is 1. The van der Waals surface area contributed by atoms with E-state index < -0.39 is 6.36 Å². The van der Waals surface area contributed by atoms with Gasteiger partial charge in [-0.1, -0.05) is 0 Å². The minimum absolute atomic E-state index is 0.194. The van der Waals surface area contributed by atoms with E-state index in [1.807, 2.05) is 12.3 Å². The second-order valence-electron chi connectivity index (χ2n) is 9.57. The molecule has 1 aromatic carbocycles. The van der Waals surface area contributed by atoms with Crippen LogP contribution in [0.25, 0.3) is 11.2 Å². The lowest BCUT2D eigenvalue weighted by Crippen LogP contribution is -2.38. The van der Waals surface area contributed by atoms with Crippen molar-refractivity contribution in [2.45, 2.75) is 62.8 Å². The number of H-pyrrole nitrogens is 1. The minimum Gasteiger partial charge on any atom is -0.406 e. The molecule has 0 unspecified atom stereocenters. The molecule has 1 saturated heterocycles. The van der Waals surface area contributed by atoms with Crippen molar-refractivity contribution in [3.05, 3.63) is 53.5 Å². The van der Waals surface area contributed by atoms with Gasteiger partial charge in [0, 0.05) is 37.9 Å². The highest BCUT2D eigenvalue weighted by Gasteiger charge is 2.32. The molecule has 0 atom stereocenters. The van der Waals surface area contributed by atoms with Gasteiger partial charge in [0.2, 0.25) is 0 Å². The number of aromatic nitrogens is 3. The summed E-state index contributed by atoms with van der Waals surface area (Å²) in [6.45, 7) is 1.12. The molecule has 1 aliphatic heterocycles. The van der Waals surface area contributed by atoms with Crippen LogP contribution in [0.1, 0.15) is 72.1 Å². The van der Waals surface area contributed by atoms with E-state index in [4.69, 9.17) is 9.72 Å². The van der Waals surface area contributed by atoms with E-state index in [2.05, 4.69) is 14.7 Å². The number of methoxy groups -OCH3 is 1. The summed E-state index contributed by atoms with van der Waals surface area (Å²) < 4.78 is 46.5. The number of hydrogen-bond acceptors (Lipinski definition) is 5. The molecule has 1 N–H and O–H groups in total. The van der Waals surface area contributed by atoms with Crippen LogP contribution < -0.4 is 4.74 Å². The summed E-state index contributed by atoms with van der Waals surface area (Å²) in [5.74, 6) is 1.09. The highest BCUT2D eigenvalue weighted by molar-refractivity contribution is 5.94. The summed E-state index contributed by atoms with van der Waals surface area (Å²) in [6.07, 6.45) is 3.08. The van der Waals surface area contributed by atoms with E-state index in [1.54, 1.807) is 12.0 Å². The van der Waals surface area contributed by atoms with Crippen molar-refractivity contribution < 1.29 is 27.4 Å². The number of amides is 1. The lowest BCUT2D eigenvalue weighted by molar-refractivity contribution is -0.274. The van der Waals surface area contributed by atoms with Crippen molar-refractivity contribution in [2.24, 2.45) is 0 Å². The minimum atomic E-state index is -4.76. The maximum Gasteiger partial charge on any atom is 0.573 e. The van der Waals surface area contributed by atoms with E-state index in [0.717, 1.165) is 73.2 Å². The van der Waals surface area contributed by atoms with Gasteiger partial charge in [0.1, 0.15) is 17.1 Å². The van der Waals surface area contributed by atoms with Crippen LogP contribution in [-0.2, 0) is 4.74 Å². The molecule has 10 heteroatoms.